The minimum atomic E-state index is -0.111. The minimum Gasteiger partial charge on any atom is -0.393 e. The zero-order chi connectivity index (χ0) is 11.7. The van der Waals surface area contributed by atoms with Gasteiger partial charge in [0.05, 0.1) is 17.3 Å². The van der Waals surface area contributed by atoms with Gasteiger partial charge in [-0.3, -0.25) is 0 Å². The number of nitrogens with zero attached hydrogens (tertiary/aromatic N) is 2. The van der Waals surface area contributed by atoms with Crippen LogP contribution in [0.5, 0.6) is 0 Å². The number of aromatic nitrogens is 2. The standard InChI is InChI=1S/C14H16N2O/c17-12-7-5-10(6-8-12)14-9-11-3-1-2-4-13(11)15-16-14/h1-4,9-10,12,17H,5-8H2. The van der Waals surface area contributed by atoms with Crippen molar-refractivity contribution in [2.45, 2.75) is 37.7 Å². The number of benzene rings is 1. The second kappa shape index (κ2) is 4.41. The van der Waals surface area contributed by atoms with Crippen LogP contribution in [0.3, 0.4) is 0 Å². The molecule has 1 aromatic carbocycles. The van der Waals surface area contributed by atoms with Gasteiger partial charge in [0.15, 0.2) is 0 Å². The molecule has 0 spiro atoms. The number of aliphatic hydroxyl groups is 1. The monoisotopic (exact) mass is 228 g/mol. The Balaban J connectivity index is 1.90. The summed E-state index contributed by atoms with van der Waals surface area (Å²) in [6.45, 7) is 0. The van der Waals surface area contributed by atoms with Crippen molar-refractivity contribution in [3.05, 3.63) is 36.0 Å². The van der Waals surface area contributed by atoms with Crippen LogP contribution >= 0.6 is 0 Å². The fourth-order valence-corrected chi connectivity index (χ4v) is 2.57. The molecule has 0 aliphatic heterocycles. The zero-order valence-electron chi connectivity index (χ0n) is 9.71. The number of hydrogen-bond donors (Lipinski definition) is 1. The highest BCUT2D eigenvalue weighted by atomic mass is 16.3. The van der Waals surface area contributed by atoms with Crippen molar-refractivity contribution < 1.29 is 5.11 Å². The lowest BCUT2D eigenvalue weighted by Gasteiger charge is -2.24. The van der Waals surface area contributed by atoms with E-state index in [4.69, 9.17) is 0 Å². The maximum atomic E-state index is 9.51. The molecule has 3 rings (SSSR count). The van der Waals surface area contributed by atoms with E-state index in [1.54, 1.807) is 0 Å². The van der Waals surface area contributed by atoms with Crippen LogP contribution in [-0.4, -0.2) is 21.4 Å². The number of aliphatic hydroxyl groups excluding tert-OH is 1. The van der Waals surface area contributed by atoms with Crippen LogP contribution in [0.25, 0.3) is 10.9 Å². The summed E-state index contributed by atoms with van der Waals surface area (Å²) in [5.74, 6) is 0.468. The van der Waals surface area contributed by atoms with E-state index >= 15 is 0 Å². The average molecular weight is 228 g/mol. The third-order valence-corrected chi connectivity index (χ3v) is 3.63. The van der Waals surface area contributed by atoms with Gasteiger partial charge in [-0.1, -0.05) is 18.2 Å². The second-order valence-electron chi connectivity index (χ2n) is 4.83. The Morgan fingerprint density at radius 2 is 1.76 bits per heavy atom. The molecule has 1 aromatic heterocycles. The molecule has 88 valence electrons. The van der Waals surface area contributed by atoms with Crippen molar-refractivity contribution in [1.29, 1.82) is 0 Å². The van der Waals surface area contributed by atoms with E-state index < -0.39 is 0 Å². The average Bonchev–Trinajstić information content (AvgIpc) is 2.39. The van der Waals surface area contributed by atoms with E-state index in [0.29, 0.717) is 5.92 Å². The van der Waals surface area contributed by atoms with E-state index in [0.717, 1.165) is 42.3 Å². The number of rotatable bonds is 1. The molecule has 1 N–H and O–H groups in total. The summed E-state index contributed by atoms with van der Waals surface area (Å²) in [6.07, 6.45) is 3.71. The van der Waals surface area contributed by atoms with Gasteiger partial charge < -0.3 is 5.11 Å². The smallest absolute Gasteiger partial charge is 0.0929 e. The van der Waals surface area contributed by atoms with Gasteiger partial charge in [0.2, 0.25) is 0 Å². The largest absolute Gasteiger partial charge is 0.393 e. The summed E-state index contributed by atoms with van der Waals surface area (Å²) in [5, 5.41) is 19.3. The van der Waals surface area contributed by atoms with Crippen LogP contribution in [0.4, 0.5) is 0 Å². The predicted octanol–water partition coefficient (Wildman–Crippen LogP) is 2.65. The Kier molecular flexibility index (Phi) is 2.77. The van der Waals surface area contributed by atoms with Crippen LogP contribution in [0.1, 0.15) is 37.3 Å². The zero-order valence-corrected chi connectivity index (χ0v) is 9.71. The van der Waals surface area contributed by atoms with Crippen molar-refractivity contribution >= 4 is 10.9 Å². The highest BCUT2D eigenvalue weighted by Gasteiger charge is 2.22. The molecule has 3 heteroatoms. The van der Waals surface area contributed by atoms with Crippen molar-refractivity contribution in [2.24, 2.45) is 0 Å². The summed E-state index contributed by atoms with van der Waals surface area (Å²) in [5.41, 5.74) is 2.03. The third kappa shape index (κ3) is 2.15. The quantitative estimate of drug-likeness (QED) is 0.816. The number of hydrogen-bond acceptors (Lipinski definition) is 3. The first-order valence-corrected chi connectivity index (χ1v) is 6.23. The van der Waals surface area contributed by atoms with Gasteiger partial charge in [-0.15, -0.1) is 0 Å². The SMILES string of the molecule is OC1CCC(c2cc3ccccc3nn2)CC1. The lowest BCUT2D eigenvalue weighted by atomic mass is 9.85. The molecule has 0 amide bonds. The minimum absolute atomic E-state index is 0.111. The molecule has 17 heavy (non-hydrogen) atoms. The third-order valence-electron chi connectivity index (χ3n) is 3.63. The Labute approximate surface area is 100 Å². The molecule has 1 aliphatic carbocycles. The summed E-state index contributed by atoms with van der Waals surface area (Å²) >= 11 is 0. The van der Waals surface area contributed by atoms with Gasteiger partial charge in [-0.05, 0) is 37.8 Å². The first-order valence-electron chi connectivity index (χ1n) is 6.23. The van der Waals surface area contributed by atoms with Crippen molar-refractivity contribution in [2.75, 3.05) is 0 Å². The van der Waals surface area contributed by atoms with Crippen LogP contribution in [0.15, 0.2) is 30.3 Å². The van der Waals surface area contributed by atoms with Gasteiger partial charge in [0.1, 0.15) is 0 Å². The van der Waals surface area contributed by atoms with E-state index in [-0.39, 0.29) is 6.10 Å². The van der Waals surface area contributed by atoms with Crippen LogP contribution in [-0.2, 0) is 0 Å². The molecule has 1 heterocycles. The summed E-state index contributed by atoms with van der Waals surface area (Å²) in [6, 6.07) is 10.2. The molecule has 3 nitrogen and oxygen atoms in total. The van der Waals surface area contributed by atoms with Crippen molar-refractivity contribution in [3.63, 3.8) is 0 Å². The predicted molar refractivity (Wildman–Crippen MR) is 66.8 cm³/mol. The van der Waals surface area contributed by atoms with Crippen LogP contribution < -0.4 is 0 Å². The summed E-state index contributed by atoms with van der Waals surface area (Å²) < 4.78 is 0. The first-order chi connectivity index (χ1) is 8.33. The number of fused-ring (bicyclic) bond motifs is 1. The van der Waals surface area contributed by atoms with Gasteiger partial charge in [-0.25, -0.2) is 0 Å². The van der Waals surface area contributed by atoms with Crippen LogP contribution in [0, 0.1) is 0 Å². The summed E-state index contributed by atoms with van der Waals surface area (Å²) in [7, 11) is 0. The van der Waals surface area contributed by atoms with E-state index in [1.807, 2.05) is 18.2 Å². The molecule has 1 saturated carbocycles. The molecular weight excluding hydrogens is 212 g/mol. The molecule has 1 fully saturated rings. The highest BCUT2D eigenvalue weighted by Crippen LogP contribution is 2.32. The Morgan fingerprint density at radius 3 is 2.59 bits per heavy atom. The Bertz CT molecular complexity index is 518. The lowest BCUT2D eigenvalue weighted by Crippen LogP contribution is -2.17. The topological polar surface area (TPSA) is 46.0 Å². The Morgan fingerprint density at radius 1 is 1.00 bits per heavy atom. The van der Waals surface area contributed by atoms with Gasteiger partial charge >= 0.3 is 0 Å². The van der Waals surface area contributed by atoms with Gasteiger partial charge in [0.25, 0.3) is 0 Å². The maximum Gasteiger partial charge on any atom is 0.0929 e. The molecule has 2 aromatic rings. The lowest BCUT2D eigenvalue weighted by molar-refractivity contribution is 0.122. The molecule has 0 atom stereocenters. The van der Waals surface area contributed by atoms with Crippen LogP contribution in [0.2, 0.25) is 0 Å². The molecule has 0 saturated heterocycles. The normalized spacial score (nSPS) is 25.0. The van der Waals surface area contributed by atoms with E-state index in [1.165, 1.54) is 0 Å². The summed E-state index contributed by atoms with van der Waals surface area (Å²) in [4.78, 5) is 0. The highest BCUT2D eigenvalue weighted by molar-refractivity contribution is 5.77. The molecule has 0 bridgehead atoms. The van der Waals surface area contributed by atoms with Gasteiger partial charge in [-0.2, -0.15) is 10.2 Å². The Hall–Kier alpha value is -1.48. The molecule has 1 aliphatic rings. The second-order valence-corrected chi connectivity index (χ2v) is 4.83. The fourth-order valence-electron chi connectivity index (χ4n) is 2.57. The molecule has 0 radical (unpaired) electrons. The van der Waals surface area contributed by atoms with Gasteiger partial charge in [0, 0.05) is 11.3 Å². The molecule has 0 unspecified atom stereocenters. The first kappa shape index (κ1) is 10.7. The van der Waals surface area contributed by atoms with Crippen molar-refractivity contribution in [3.8, 4) is 0 Å². The van der Waals surface area contributed by atoms with E-state index in [9.17, 15) is 5.11 Å². The molecular formula is C14H16N2O. The fraction of sp³-hybridized carbons (Fsp3) is 0.429. The van der Waals surface area contributed by atoms with Crippen molar-refractivity contribution in [1.82, 2.24) is 10.2 Å². The maximum absolute atomic E-state index is 9.51. The van der Waals surface area contributed by atoms with E-state index in [2.05, 4.69) is 22.3 Å².